The highest BCUT2D eigenvalue weighted by molar-refractivity contribution is 5.79. The predicted octanol–water partition coefficient (Wildman–Crippen LogP) is 1.86. The molecular weight excluding hydrogens is 316 g/mol. The third-order valence-electron chi connectivity index (χ3n) is 5.54. The number of rotatable bonds is 9. The first kappa shape index (κ1) is 20.5. The third kappa shape index (κ3) is 6.76. The van der Waals surface area contributed by atoms with Crippen LogP contribution in [0.5, 0.6) is 0 Å². The first-order chi connectivity index (χ1) is 12.1. The van der Waals surface area contributed by atoms with E-state index in [1.165, 1.54) is 19.3 Å². The van der Waals surface area contributed by atoms with Gasteiger partial charge in [-0.2, -0.15) is 0 Å². The molecule has 2 fully saturated rings. The normalized spacial score (nSPS) is 27.0. The molecule has 1 saturated carbocycles. The molecular formula is C19H38N4O2. The van der Waals surface area contributed by atoms with Crippen molar-refractivity contribution in [2.75, 3.05) is 53.5 Å². The number of morpholine rings is 1. The van der Waals surface area contributed by atoms with Gasteiger partial charge in [-0.15, -0.1) is 0 Å². The molecule has 0 aromatic rings. The molecule has 0 radical (unpaired) electrons. The van der Waals surface area contributed by atoms with E-state index in [0.29, 0.717) is 17.6 Å². The second-order valence-corrected chi connectivity index (χ2v) is 7.82. The molecule has 0 amide bonds. The van der Waals surface area contributed by atoms with Gasteiger partial charge >= 0.3 is 0 Å². The molecule has 1 saturated heterocycles. The van der Waals surface area contributed by atoms with Crippen molar-refractivity contribution >= 4 is 5.96 Å². The Morgan fingerprint density at radius 1 is 1.24 bits per heavy atom. The minimum Gasteiger partial charge on any atom is -0.385 e. The van der Waals surface area contributed by atoms with Crippen LogP contribution in [0.15, 0.2) is 4.99 Å². The van der Waals surface area contributed by atoms with E-state index in [1.807, 2.05) is 7.05 Å². The van der Waals surface area contributed by atoms with Crippen LogP contribution >= 0.6 is 0 Å². The number of nitrogens with zero attached hydrogens (tertiary/aromatic N) is 2. The topological polar surface area (TPSA) is 58.1 Å². The molecule has 2 atom stereocenters. The second kappa shape index (κ2) is 10.3. The lowest BCUT2D eigenvalue weighted by Crippen LogP contribution is -2.48. The number of hydrogen-bond donors (Lipinski definition) is 2. The van der Waals surface area contributed by atoms with Gasteiger partial charge in [-0.25, -0.2) is 0 Å². The minimum atomic E-state index is 0.344. The maximum atomic E-state index is 5.79. The molecule has 1 aliphatic carbocycles. The molecule has 0 aromatic carbocycles. The van der Waals surface area contributed by atoms with E-state index in [1.54, 1.807) is 7.11 Å². The van der Waals surface area contributed by atoms with Crippen LogP contribution in [0.2, 0.25) is 0 Å². The van der Waals surface area contributed by atoms with E-state index >= 15 is 0 Å². The lowest BCUT2D eigenvalue weighted by Gasteiger charge is -2.42. The molecule has 1 aliphatic heterocycles. The fourth-order valence-corrected chi connectivity index (χ4v) is 3.98. The van der Waals surface area contributed by atoms with Gasteiger partial charge in [0.05, 0.1) is 12.2 Å². The van der Waals surface area contributed by atoms with Gasteiger partial charge in [0.25, 0.3) is 0 Å². The van der Waals surface area contributed by atoms with Crippen LogP contribution in [0.4, 0.5) is 0 Å². The molecule has 2 unspecified atom stereocenters. The van der Waals surface area contributed by atoms with E-state index in [4.69, 9.17) is 9.47 Å². The van der Waals surface area contributed by atoms with Crippen LogP contribution in [0, 0.1) is 5.41 Å². The summed E-state index contributed by atoms with van der Waals surface area (Å²) in [5.74, 6) is 0.924. The molecule has 146 valence electrons. The zero-order chi connectivity index (χ0) is 18.1. The van der Waals surface area contributed by atoms with Gasteiger partial charge in [-0.1, -0.05) is 6.42 Å². The van der Waals surface area contributed by atoms with E-state index in [2.05, 4.69) is 34.4 Å². The fraction of sp³-hybridized carbons (Fsp3) is 0.947. The highest BCUT2D eigenvalue weighted by Crippen LogP contribution is 2.43. The van der Waals surface area contributed by atoms with E-state index in [9.17, 15) is 0 Å². The van der Waals surface area contributed by atoms with Crippen molar-refractivity contribution in [2.45, 2.75) is 58.2 Å². The number of guanidine groups is 1. The molecule has 0 aromatic heterocycles. The zero-order valence-corrected chi connectivity index (χ0v) is 16.6. The molecule has 2 rings (SSSR count). The number of aliphatic imine (C=N–C) groups is 1. The Morgan fingerprint density at radius 2 is 1.96 bits per heavy atom. The number of nitrogens with one attached hydrogen (secondary N) is 2. The van der Waals surface area contributed by atoms with Crippen molar-refractivity contribution in [3.05, 3.63) is 0 Å². The predicted molar refractivity (Wildman–Crippen MR) is 103 cm³/mol. The molecule has 2 aliphatic rings. The van der Waals surface area contributed by atoms with E-state index in [-0.39, 0.29) is 0 Å². The van der Waals surface area contributed by atoms with Crippen LogP contribution in [-0.4, -0.2) is 76.6 Å². The van der Waals surface area contributed by atoms with Crippen molar-refractivity contribution in [3.8, 4) is 0 Å². The summed E-state index contributed by atoms with van der Waals surface area (Å²) in [6.45, 7) is 10.3. The second-order valence-electron chi connectivity index (χ2n) is 7.82. The zero-order valence-electron chi connectivity index (χ0n) is 16.6. The Balaban J connectivity index is 1.62. The molecule has 25 heavy (non-hydrogen) atoms. The van der Waals surface area contributed by atoms with Gasteiger partial charge in [0.1, 0.15) is 0 Å². The van der Waals surface area contributed by atoms with Crippen molar-refractivity contribution < 1.29 is 9.47 Å². The standard InChI is InChI=1S/C19H38N4O2/c1-16-13-23(14-17(2)25-16)11-6-10-21-18(20-3)22-15-19(7-5-8-19)9-12-24-4/h16-17H,5-15H2,1-4H3,(H2,20,21,22). The lowest BCUT2D eigenvalue weighted by molar-refractivity contribution is -0.0679. The Hall–Kier alpha value is -0.850. The Morgan fingerprint density at radius 3 is 2.52 bits per heavy atom. The number of hydrogen-bond acceptors (Lipinski definition) is 4. The minimum absolute atomic E-state index is 0.344. The third-order valence-corrected chi connectivity index (χ3v) is 5.54. The van der Waals surface area contributed by atoms with Crippen molar-refractivity contribution in [2.24, 2.45) is 10.4 Å². The number of ether oxygens (including phenoxy) is 2. The van der Waals surface area contributed by atoms with Crippen LogP contribution in [0.1, 0.15) is 46.0 Å². The largest absolute Gasteiger partial charge is 0.385 e. The highest BCUT2D eigenvalue weighted by atomic mass is 16.5. The average Bonchev–Trinajstić information content (AvgIpc) is 2.54. The van der Waals surface area contributed by atoms with Crippen LogP contribution in [-0.2, 0) is 9.47 Å². The Bertz CT molecular complexity index is 402. The molecule has 0 bridgehead atoms. The summed E-state index contributed by atoms with van der Waals surface area (Å²) in [5.41, 5.74) is 0.410. The van der Waals surface area contributed by atoms with E-state index in [0.717, 1.165) is 58.1 Å². The van der Waals surface area contributed by atoms with Gasteiger partial charge in [0.2, 0.25) is 0 Å². The molecule has 6 nitrogen and oxygen atoms in total. The maximum Gasteiger partial charge on any atom is 0.190 e. The quantitative estimate of drug-likeness (QED) is 0.376. The van der Waals surface area contributed by atoms with Gasteiger partial charge in [0.15, 0.2) is 5.96 Å². The summed E-state index contributed by atoms with van der Waals surface area (Å²) in [6, 6.07) is 0. The van der Waals surface area contributed by atoms with Crippen LogP contribution in [0.25, 0.3) is 0 Å². The van der Waals surface area contributed by atoms with Gasteiger partial charge in [0, 0.05) is 53.5 Å². The molecule has 0 spiro atoms. The number of methoxy groups -OCH3 is 1. The molecule has 1 heterocycles. The SMILES string of the molecule is CN=C(NCCCN1CC(C)OC(C)C1)NCC1(CCOC)CCC1. The summed E-state index contributed by atoms with van der Waals surface area (Å²) < 4.78 is 11.1. The van der Waals surface area contributed by atoms with Gasteiger partial charge < -0.3 is 20.1 Å². The maximum absolute atomic E-state index is 5.79. The molecule has 6 heteroatoms. The van der Waals surface area contributed by atoms with Crippen molar-refractivity contribution in [3.63, 3.8) is 0 Å². The Labute approximate surface area is 153 Å². The Kier molecular flexibility index (Phi) is 8.46. The fourth-order valence-electron chi connectivity index (χ4n) is 3.98. The summed E-state index contributed by atoms with van der Waals surface area (Å²) in [6.07, 6.45) is 6.89. The summed E-state index contributed by atoms with van der Waals surface area (Å²) in [5, 5.41) is 6.98. The summed E-state index contributed by atoms with van der Waals surface area (Å²) in [7, 11) is 3.64. The van der Waals surface area contributed by atoms with Gasteiger partial charge in [-0.05, 0) is 44.9 Å². The average molecular weight is 355 g/mol. The molecule has 2 N–H and O–H groups in total. The van der Waals surface area contributed by atoms with Crippen molar-refractivity contribution in [1.29, 1.82) is 0 Å². The lowest BCUT2D eigenvalue weighted by atomic mass is 9.67. The van der Waals surface area contributed by atoms with E-state index < -0.39 is 0 Å². The first-order valence-corrected chi connectivity index (χ1v) is 9.88. The van der Waals surface area contributed by atoms with Crippen molar-refractivity contribution in [1.82, 2.24) is 15.5 Å². The van der Waals surface area contributed by atoms with Crippen LogP contribution < -0.4 is 10.6 Å². The monoisotopic (exact) mass is 354 g/mol. The summed E-state index contributed by atoms with van der Waals surface area (Å²) in [4.78, 5) is 6.87. The van der Waals surface area contributed by atoms with Crippen LogP contribution in [0.3, 0.4) is 0 Å². The highest BCUT2D eigenvalue weighted by Gasteiger charge is 2.36. The first-order valence-electron chi connectivity index (χ1n) is 9.88. The summed E-state index contributed by atoms with van der Waals surface area (Å²) >= 11 is 0. The smallest absolute Gasteiger partial charge is 0.190 e. The van der Waals surface area contributed by atoms with Gasteiger partial charge in [-0.3, -0.25) is 9.89 Å².